The van der Waals surface area contributed by atoms with Crippen molar-refractivity contribution >= 4 is 29.0 Å². The molecular weight excluding hydrogens is 252 g/mol. The van der Waals surface area contributed by atoms with Gasteiger partial charge in [-0.3, -0.25) is 4.79 Å². The highest BCUT2D eigenvalue weighted by atomic mass is 35.5. The van der Waals surface area contributed by atoms with Crippen LogP contribution in [0.15, 0.2) is 30.5 Å². The number of hydrogen-bond donors (Lipinski definition) is 0. The molecule has 4 nitrogen and oxygen atoms in total. The molecule has 0 radical (unpaired) electrons. The van der Waals surface area contributed by atoms with Crippen molar-refractivity contribution in [2.24, 2.45) is 0 Å². The van der Waals surface area contributed by atoms with Crippen LogP contribution in [-0.4, -0.2) is 17.6 Å². The van der Waals surface area contributed by atoms with Crippen molar-refractivity contribution in [2.45, 2.75) is 13.5 Å². The third-order valence-corrected chi connectivity index (χ3v) is 2.57. The van der Waals surface area contributed by atoms with Crippen molar-refractivity contribution in [3.05, 3.63) is 35.5 Å². The molecule has 94 valence electrons. The summed E-state index contributed by atoms with van der Waals surface area (Å²) in [6, 6.07) is 9.72. The number of halogens is 1. The van der Waals surface area contributed by atoms with Crippen molar-refractivity contribution < 1.29 is 9.53 Å². The van der Waals surface area contributed by atoms with Gasteiger partial charge in [0.2, 0.25) is 0 Å². The Hall–Kier alpha value is -1.99. The van der Waals surface area contributed by atoms with Gasteiger partial charge in [-0.2, -0.15) is 5.26 Å². The average molecular weight is 265 g/mol. The number of carbonyl (C=O) groups excluding carboxylic acids is 1. The summed E-state index contributed by atoms with van der Waals surface area (Å²) in [7, 11) is 0. The Labute approximate surface area is 110 Å². The van der Waals surface area contributed by atoms with Gasteiger partial charge in [0.05, 0.1) is 18.2 Å². The second-order valence-electron chi connectivity index (χ2n) is 3.33. The first-order valence-corrected chi connectivity index (χ1v) is 5.78. The zero-order valence-electron chi connectivity index (χ0n) is 9.97. The molecule has 2 rings (SSSR count). The minimum Gasteiger partial charge on any atom is -0.468 e. The van der Waals surface area contributed by atoms with Crippen LogP contribution < -0.4 is 0 Å². The molecule has 0 fully saturated rings. The number of aromatic nitrogens is 1. The molecule has 0 aliphatic rings. The maximum Gasteiger partial charge on any atom is 0.293 e. The van der Waals surface area contributed by atoms with Crippen molar-refractivity contribution in [1.82, 2.24) is 4.57 Å². The van der Waals surface area contributed by atoms with E-state index in [1.807, 2.05) is 35.0 Å². The molecule has 0 saturated carbocycles. The standard InChI is InChI=1S/C10H7ClN2.C3H6O2/c11-9-2-1-3-10-8(9)4-6-13(10)7-5-12;1-2-5-3-4/h1-4,6H,7H2;3H,2H2,1H3. The van der Waals surface area contributed by atoms with E-state index in [0.29, 0.717) is 19.6 Å². The van der Waals surface area contributed by atoms with Crippen LogP contribution in [0.25, 0.3) is 10.9 Å². The second-order valence-corrected chi connectivity index (χ2v) is 3.73. The third-order valence-electron chi connectivity index (χ3n) is 2.24. The molecule has 0 spiro atoms. The molecule has 0 unspecified atom stereocenters. The molecule has 0 N–H and O–H groups in total. The van der Waals surface area contributed by atoms with Crippen LogP contribution in [0, 0.1) is 11.3 Å². The van der Waals surface area contributed by atoms with Crippen molar-refractivity contribution in [2.75, 3.05) is 6.61 Å². The fraction of sp³-hybridized carbons (Fsp3) is 0.231. The lowest BCUT2D eigenvalue weighted by Crippen LogP contribution is -1.91. The summed E-state index contributed by atoms with van der Waals surface area (Å²) in [5.41, 5.74) is 1.01. The van der Waals surface area contributed by atoms with E-state index in [0.717, 1.165) is 15.9 Å². The first-order chi connectivity index (χ1) is 8.74. The molecule has 0 amide bonds. The fourth-order valence-corrected chi connectivity index (χ4v) is 1.70. The Morgan fingerprint density at radius 2 is 2.28 bits per heavy atom. The Kier molecular flexibility index (Phi) is 5.75. The highest BCUT2D eigenvalue weighted by Crippen LogP contribution is 2.23. The molecule has 2 aromatic rings. The summed E-state index contributed by atoms with van der Waals surface area (Å²) in [6.45, 7) is 3.03. The first kappa shape index (κ1) is 14.1. The number of benzene rings is 1. The van der Waals surface area contributed by atoms with Gasteiger partial charge in [0.15, 0.2) is 0 Å². The molecule has 1 aromatic carbocycles. The van der Waals surface area contributed by atoms with Crippen LogP contribution >= 0.6 is 11.6 Å². The molecule has 0 aliphatic heterocycles. The molecule has 0 bridgehead atoms. The third kappa shape index (κ3) is 3.51. The number of carbonyl (C=O) groups is 1. The smallest absolute Gasteiger partial charge is 0.293 e. The number of ether oxygens (including phenoxy) is 1. The predicted octanol–water partition coefficient (Wildman–Crippen LogP) is 3.00. The minimum atomic E-state index is 0.365. The first-order valence-electron chi connectivity index (χ1n) is 5.40. The van der Waals surface area contributed by atoms with E-state index >= 15 is 0 Å². The summed E-state index contributed by atoms with van der Waals surface area (Å²) in [5, 5.41) is 10.3. The van der Waals surface area contributed by atoms with Gasteiger partial charge in [0, 0.05) is 16.6 Å². The lowest BCUT2D eigenvalue weighted by atomic mass is 10.2. The van der Waals surface area contributed by atoms with Crippen LogP contribution in [0.4, 0.5) is 0 Å². The van der Waals surface area contributed by atoms with Crippen LogP contribution in [0.2, 0.25) is 5.02 Å². The number of hydrogen-bond acceptors (Lipinski definition) is 3. The van der Waals surface area contributed by atoms with Crippen molar-refractivity contribution in [3.63, 3.8) is 0 Å². The fourth-order valence-electron chi connectivity index (χ4n) is 1.47. The van der Waals surface area contributed by atoms with Crippen LogP contribution in [-0.2, 0) is 16.1 Å². The SMILES string of the molecule is CCOC=O.N#CCn1ccc2c(Cl)cccc21. The van der Waals surface area contributed by atoms with Gasteiger partial charge in [0.1, 0.15) is 6.54 Å². The number of rotatable bonds is 3. The molecule has 0 atom stereocenters. The number of nitriles is 1. The van der Waals surface area contributed by atoms with E-state index in [9.17, 15) is 4.79 Å². The van der Waals surface area contributed by atoms with Gasteiger partial charge in [0.25, 0.3) is 6.47 Å². The number of nitrogens with zero attached hydrogens (tertiary/aromatic N) is 2. The number of fused-ring (bicyclic) bond motifs is 1. The van der Waals surface area contributed by atoms with E-state index in [4.69, 9.17) is 16.9 Å². The monoisotopic (exact) mass is 264 g/mol. The second kappa shape index (κ2) is 7.36. The van der Waals surface area contributed by atoms with Crippen LogP contribution in [0.1, 0.15) is 6.92 Å². The van der Waals surface area contributed by atoms with Gasteiger partial charge in [-0.1, -0.05) is 17.7 Å². The Balaban J connectivity index is 0.000000280. The average Bonchev–Trinajstić information content (AvgIpc) is 2.77. The summed E-state index contributed by atoms with van der Waals surface area (Å²) in [6.07, 6.45) is 1.87. The zero-order chi connectivity index (χ0) is 13.4. The molecule has 18 heavy (non-hydrogen) atoms. The van der Waals surface area contributed by atoms with Gasteiger partial charge in [-0.25, -0.2) is 0 Å². The lowest BCUT2D eigenvalue weighted by molar-refractivity contribution is -0.128. The van der Waals surface area contributed by atoms with E-state index in [1.54, 1.807) is 6.92 Å². The Morgan fingerprint density at radius 3 is 2.83 bits per heavy atom. The summed E-state index contributed by atoms with van der Waals surface area (Å²) in [5.74, 6) is 0. The molecular formula is C13H13ClN2O2. The van der Waals surface area contributed by atoms with E-state index < -0.39 is 0 Å². The minimum absolute atomic E-state index is 0.365. The molecule has 1 heterocycles. The lowest BCUT2D eigenvalue weighted by Gasteiger charge is -1.98. The largest absolute Gasteiger partial charge is 0.468 e. The highest BCUT2D eigenvalue weighted by molar-refractivity contribution is 6.35. The van der Waals surface area contributed by atoms with Crippen molar-refractivity contribution in [1.29, 1.82) is 5.26 Å². The van der Waals surface area contributed by atoms with Crippen molar-refractivity contribution in [3.8, 4) is 6.07 Å². The van der Waals surface area contributed by atoms with E-state index in [2.05, 4.69) is 10.8 Å². The molecule has 1 aromatic heterocycles. The predicted molar refractivity (Wildman–Crippen MR) is 70.3 cm³/mol. The van der Waals surface area contributed by atoms with Gasteiger partial charge < -0.3 is 9.30 Å². The zero-order valence-corrected chi connectivity index (χ0v) is 10.7. The van der Waals surface area contributed by atoms with E-state index in [-0.39, 0.29) is 0 Å². The Bertz CT molecular complexity index is 558. The van der Waals surface area contributed by atoms with Crippen LogP contribution in [0.5, 0.6) is 0 Å². The summed E-state index contributed by atoms with van der Waals surface area (Å²) < 4.78 is 6.03. The summed E-state index contributed by atoms with van der Waals surface area (Å²) in [4.78, 5) is 9.18. The molecule has 0 aliphatic carbocycles. The van der Waals surface area contributed by atoms with Gasteiger partial charge in [-0.15, -0.1) is 0 Å². The molecule has 5 heteroatoms. The normalized spacial score (nSPS) is 9.17. The maximum atomic E-state index is 9.18. The highest BCUT2D eigenvalue weighted by Gasteiger charge is 2.02. The molecule has 0 saturated heterocycles. The van der Waals surface area contributed by atoms with E-state index in [1.165, 1.54) is 0 Å². The van der Waals surface area contributed by atoms with Gasteiger partial charge >= 0.3 is 0 Å². The van der Waals surface area contributed by atoms with Gasteiger partial charge in [-0.05, 0) is 25.1 Å². The Morgan fingerprint density at radius 1 is 1.50 bits per heavy atom. The maximum absolute atomic E-state index is 9.18. The van der Waals surface area contributed by atoms with Crippen LogP contribution in [0.3, 0.4) is 0 Å². The quantitative estimate of drug-likeness (QED) is 0.801. The summed E-state index contributed by atoms with van der Waals surface area (Å²) >= 11 is 5.97. The topological polar surface area (TPSA) is 55.0 Å².